The first-order valence-corrected chi connectivity index (χ1v) is 7.92. The van der Waals surface area contributed by atoms with E-state index in [0.29, 0.717) is 17.0 Å². The molecule has 0 N–H and O–H groups in total. The third-order valence-electron chi connectivity index (χ3n) is 4.01. The number of imidazole rings is 1. The Kier molecular flexibility index (Phi) is 4.85. The van der Waals surface area contributed by atoms with Crippen molar-refractivity contribution in [2.24, 2.45) is 0 Å². The normalized spacial score (nSPS) is 11.0. The van der Waals surface area contributed by atoms with Crippen LogP contribution in [-0.4, -0.2) is 41.2 Å². The van der Waals surface area contributed by atoms with Crippen molar-refractivity contribution in [3.63, 3.8) is 0 Å². The first-order chi connectivity index (χ1) is 12.5. The number of nitrogens with zero attached hydrogens (tertiary/aromatic N) is 4. The molecule has 0 atom stereocenters. The van der Waals surface area contributed by atoms with Crippen LogP contribution in [0.4, 0.5) is 10.1 Å². The molecule has 0 fully saturated rings. The molecular weight excluding hydrogens is 339 g/mol. The molecule has 136 valence electrons. The lowest BCUT2D eigenvalue weighted by molar-refractivity contribution is 0.0931. The molecule has 1 aromatic carbocycles. The van der Waals surface area contributed by atoms with E-state index in [0.717, 1.165) is 5.69 Å². The van der Waals surface area contributed by atoms with Crippen molar-refractivity contribution < 1.29 is 18.7 Å². The fraction of sp³-hybridized carbons (Fsp3) is 0.278. The summed E-state index contributed by atoms with van der Waals surface area (Å²) in [4.78, 5) is 23.1. The molecule has 0 radical (unpaired) electrons. The SMILES string of the molecule is COCN(C(=O)c1cn2c(C)cnc2c(C)n1)c1ccc(F)c(OC)c1. The van der Waals surface area contributed by atoms with Crippen molar-refractivity contribution in [1.29, 1.82) is 0 Å². The van der Waals surface area contributed by atoms with Gasteiger partial charge in [0.15, 0.2) is 17.2 Å². The maximum absolute atomic E-state index is 13.7. The zero-order valence-corrected chi connectivity index (χ0v) is 15.0. The molecule has 0 aliphatic carbocycles. The number of aryl methyl sites for hydroxylation is 2. The molecule has 2 aromatic heterocycles. The average molecular weight is 358 g/mol. The molecule has 0 spiro atoms. The van der Waals surface area contributed by atoms with E-state index in [1.165, 1.54) is 37.3 Å². The number of hydrogen-bond acceptors (Lipinski definition) is 5. The van der Waals surface area contributed by atoms with Crippen LogP contribution in [-0.2, 0) is 4.74 Å². The van der Waals surface area contributed by atoms with Gasteiger partial charge in [0.05, 0.1) is 18.5 Å². The Balaban J connectivity index is 2.05. The molecule has 0 aliphatic heterocycles. The summed E-state index contributed by atoms with van der Waals surface area (Å²) in [5, 5.41) is 0. The maximum Gasteiger partial charge on any atom is 0.280 e. The van der Waals surface area contributed by atoms with Gasteiger partial charge >= 0.3 is 0 Å². The Bertz CT molecular complexity index is 970. The van der Waals surface area contributed by atoms with Crippen LogP contribution >= 0.6 is 0 Å². The average Bonchev–Trinajstić information content (AvgIpc) is 3.01. The van der Waals surface area contributed by atoms with E-state index >= 15 is 0 Å². The van der Waals surface area contributed by atoms with Crippen LogP contribution in [0.5, 0.6) is 5.75 Å². The van der Waals surface area contributed by atoms with Crippen LogP contribution in [0.1, 0.15) is 21.9 Å². The highest BCUT2D eigenvalue weighted by Gasteiger charge is 2.22. The van der Waals surface area contributed by atoms with Gasteiger partial charge in [-0.15, -0.1) is 0 Å². The largest absolute Gasteiger partial charge is 0.494 e. The zero-order valence-electron chi connectivity index (χ0n) is 15.0. The number of halogens is 1. The van der Waals surface area contributed by atoms with Crippen molar-refractivity contribution in [2.45, 2.75) is 13.8 Å². The summed E-state index contributed by atoms with van der Waals surface area (Å²) < 4.78 is 25.7. The third-order valence-corrected chi connectivity index (χ3v) is 4.01. The lowest BCUT2D eigenvalue weighted by atomic mass is 10.2. The van der Waals surface area contributed by atoms with Gasteiger partial charge in [-0.3, -0.25) is 9.69 Å². The van der Waals surface area contributed by atoms with Gasteiger partial charge in [0.1, 0.15) is 12.4 Å². The van der Waals surface area contributed by atoms with Gasteiger partial charge < -0.3 is 13.9 Å². The van der Waals surface area contributed by atoms with Crippen LogP contribution < -0.4 is 9.64 Å². The summed E-state index contributed by atoms with van der Waals surface area (Å²) in [5.41, 5.74) is 2.90. The molecule has 26 heavy (non-hydrogen) atoms. The predicted octanol–water partition coefficient (Wildman–Crippen LogP) is 2.74. The van der Waals surface area contributed by atoms with Crippen LogP contribution in [0, 0.1) is 19.7 Å². The van der Waals surface area contributed by atoms with Gasteiger partial charge in [-0.2, -0.15) is 0 Å². The molecule has 0 unspecified atom stereocenters. The smallest absolute Gasteiger partial charge is 0.280 e. The summed E-state index contributed by atoms with van der Waals surface area (Å²) in [6.45, 7) is 3.67. The second kappa shape index (κ2) is 7.09. The van der Waals surface area contributed by atoms with Gasteiger partial charge in [0.2, 0.25) is 0 Å². The lowest BCUT2D eigenvalue weighted by Gasteiger charge is -2.22. The van der Waals surface area contributed by atoms with Crippen LogP contribution in [0.2, 0.25) is 0 Å². The minimum absolute atomic E-state index is 0.0186. The van der Waals surface area contributed by atoms with Crippen molar-refractivity contribution in [1.82, 2.24) is 14.4 Å². The number of ether oxygens (including phenoxy) is 2. The van der Waals surface area contributed by atoms with Gasteiger partial charge in [-0.05, 0) is 26.0 Å². The molecule has 3 aromatic rings. The number of hydrogen-bond donors (Lipinski definition) is 0. The van der Waals surface area contributed by atoms with Gasteiger partial charge in [0.25, 0.3) is 5.91 Å². The second-order valence-electron chi connectivity index (χ2n) is 5.77. The summed E-state index contributed by atoms with van der Waals surface area (Å²) in [7, 11) is 2.84. The molecule has 0 bridgehead atoms. The van der Waals surface area contributed by atoms with Crippen molar-refractivity contribution in [2.75, 3.05) is 25.9 Å². The third kappa shape index (κ3) is 3.11. The van der Waals surface area contributed by atoms with Gasteiger partial charge in [0, 0.05) is 31.3 Å². The number of aromatic nitrogens is 3. The Labute approximate surface area is 150 Å². The van der Waals surface area contributed by atoms with E-state index in [-0.39, 0.29) is 24.1 Å². The highest BCUT2D eigenvalue weighted by molar-refractivity contribution is 6.04. The molecule has 0 saturated heterocycles. The standard InChI is InChI=1S/C18H19FN4O3/c1-11-8-20-17-12(2)21-15(9-22(11)17)18(24)23(10-25-3)13-5-6-14(19)16(7-13)26-4/h5-9H,10H2,1-4H3. The summed E-state index contributed by atoms with van der Waals surface area (Å²) in [6, 6.07) is 4.18. The molecule has 8 heteroatoms. The minimum Gasteiger partial charge on any atom is -0.494 e. The predicted molar refractivity (Wildman–Crippen MR) is 94.1 cm³/mol. The van der Waals surface area contributed by atoms with E-state index in [1.54, 1.807) is 19.3 Å². The number of methoxy groups -OCH3 is 2. The number of carbonyl (C=O) groups excluding carboxylic acids is 1. The minimum atomic E-state index is -0.509. The number of rotatable bonds is 5. The van der Waals surface area contributed by atoms with E-state index in [9.17, 15) is 9.18 Å². The second-order valence-corrected chi connectivity index (χ2v) is 5.77. The maximum atomic E-state index is 13.7. The van der Waals surface area contributed by atoms with Crippen LogP contribution in [0.25, 0.3) is 5.65 Å². The van der Waals surface area contributed by atoms with Crippen LogP contribution in [0.3, 0.4) is 0 Å². The molecule has 0 saturated carbocycles. The highest BCUT2D eigenvalue weighted by Crippen LogP contribution is 2.25. The molecule has 2 heterocycles. The van der Waals surface area contributed by atoms with Crippen molar-refractivity contribution >= 4 is 17.2 Å². The Morgan fingerprint density at radius 1 is 1.31 bits per heavy atom. The summed E-state index contributed by atoms with van der Waals surface area (Å²) >= 11 is 0. The first-order valence-electron chi connectivity index (χ1n) is 7.92. The Hall–Kier alpha value is -3.00. The monoisotopic (exact) mass is 358 g/mol. The number of fused-ring (bicyclic) bond motifs is 1. The molecule has 3 rings (SSSR count). The molecule has 0 aliphatic rings. The van der Waals surface area contributed by atoms with E-state index < -0.39 is 5.82 Å². The fourth-order valence-electron chi connectivity index (χ4n) is 2.70. The van der Waals surface area contributed by atoms with Crippen molar-refractivity contribution in [3.05, 3.63) is 53.5 Å². The van der Waals surface area contributed by atoms with Gasteiger partial charge in [-0.1, -0.05) is 0 Å². The molecule has 1 amide bonds. The fourth-order valence-corrected chi connectivity index (χ4v) is 2.70. The van der Waals surface area contributed by atoms with Crippen molar-refractivity contribution in [3.8, 4) is 5.75 Å². The molecule has 7 nitrogen and oxygen atoms in total. The zero-order chi connectivity index (χ0) is 18.8. The summed E-state index contributed by atoms with van der Waals surface area (Å²) in [5.74, 6) is -0.842. The number of anilines is 1. The quantitative estimate of drug-likeness (QED) is 0.656. The topological polar surface area (TPSA) is 69.0 Å². The Morgan fingerprint density at radius 3 is 2.77 bits per heavy atom. The number of carbonyl (C=O) groups is 1. The van der Waals surface area contributed by atoms with E-state index in [1.807, 2.05) is 11.3 Å². The van der Waals surface area contributed by atoms with E-state index in [4.69, 9.17) is 9.47 Å². The number of amides is 1. The van der Waals surface area contributed by atoms with Crippen LogP contribution in [0.15, 0.2) is 30.6 Å². The summed E-state index contributed by atoms with van der Waals surface area (Å²) in [6.07, 6.45) is 3.35. The highest BCUT2D eigenvalue weighted by atomic mass is 19.1. The van der Waals surface area contributed by atoms with Gasteiger partial charge in [-0.25, -0.2) is 14.4 Å². The number of benzene rings is 1. The lowest BCUT2D eigenvalue weighted by Crippen LogP contribution is -2.33. The first kappa shape index (κ1) is 17.8. The Morgan fingerprint density at radius 2 is 2.08 bits per heavy atom. The van der Waals surface area contributed by atoms with E-state index in [2.05, 4.69) is 9.97 Å². The molecular formula is C18H19FN4O3.